The van der Waals surface area contributed by atoms with Gasteiger partial charge in [-0.3, -0.25) is 9.59 Å². The first kappa shape index (κ1) is 17.9. The van der Waals surface area contributed by atoms with Gasteiger partial charge in [0.15, 0.2) is 0 Å². The largest absolute Gasteiger partial charge is 0.369 e. The minimum Gasteiger partial charge on any atom is -0.369 e. The predicted octanol–water partition coefficient (Wildman–Crippen LogP) is 1.09. The summed E-state index contributed by atoms with van der Waals surface area (Å²) in [5.74, 6) is -1.16. The number of nitrogens with two attached hydrogens (primary N) is 1. The summed E-state index contributed by atoms with van der Waals surface area (Å²) in [6.07, 6.45) is 2.89. The van der Waals surface area contributed by atoms with E-state index in [9.17, 15) is 18.0 Å². The molecule has 0 spiro atoms. The lowest BCUT2D eigenvalue weighted by molar-refractivity contribution is -0.123. The molecule has 2 aliphatic rings. The Kier molecular flexibility index (Phi) is 4.83. The van der Waals surface area contributed by atoms with Crippen LogP contribution in [0.4, 0.5) is 5.69 Å². The summed E-state index contributed by atoms with van der Waals surface area (Å²) in [7, 11) is -3.53. The molecule has 0 bridgehead atoms. The monoisotopic (exact) mass is 365 g/mol. The molecule has 0 aliphatic carbocycles. The van der Waals surface area contributed by atoms with Gasteiger partial charge in [0, 0.05) is 31.2 Å². The highest BCUT2D eigenvalue weighted by atomic mass is 32.2. The van der Waals surface area contributed by atoms with Crippen LogP contribution in [0.5, 0.6) is 0 Å². The average Bonchev–Trinajstić information content (AvgIpc) is 2.97. The second kappa shape index (κ2) is 6.76. The van der Waals surface area contributed by atoms with E-state index in [-0.39, 0.29) is 29.8 Å². The van der Waals surface area contributed by atoms with E-state index in [2.05, 4.69) is 0 Å². The first-order chi connectivity index (χ1) is 11.8. The lowest BCUT2D eigenvalue weighted by atomic mass is 10.1. The van der Waals surface area contributed by atoms with E-state index in [0.717, 1.165) is 19.3 Å². The topological polar surface area (TPSA) is 101 Å². The molecule has 8 heteroatoms. The normalized spacial score (nSPS) is 25.3. The number of carbonyl (C=O) groups excluding carboxylic acids is 2. The van der Waals surface area contributed by atoms with Crippen LogP contribution in [0.15, 0.2) is 29.2 Å². The van der Waals surface area contributed by atoms with Crippen LogP contribution < -0.4 is 10.6 Å². The first-order valence-electron chi connectivity index (χ1n) is 8.52. The maximum absolute atomic E-state index is 12.8. The summed E-state index contributed by atoms with van der Waals surface area (Å²) in [4.78, 5) is 25.0. The summed E-state index contributed by atoms with van der Waals surface area (Å²) in [6, 6.07) is 6.27. The highest BCUT2D eigenvalue weighted by Crippen LogP contribution is 2.29. The Labute approximate surface area is 147 Å². The highest BCUT2D eigenvalue weighted by Gasteiger charge is 2.35. The Morgan fingerprint density at radius 2 is 1.88 bits per heavy atom. The number of carbonyl (C=O) groups is 2. The summed E-state index contributed by atoms with van der Waals surface area (Å²) in [5, 5.41) is 0. The van der Waals surface area contributed by atoms with Crippen molar-refractivity contribution in [3.8, 4) is 0 Å². The van der Waals surface area contributed by atoms with Crippen LogP contribution in [0, 0.1) is 5.92 Å². The molecule has 3 rings (SSSR count). The molecule has 25 heavy (non-hydrogen) atoms. The van der Waals surface area contributed by atoms with Crippen molar-refractivity contribution in [2.24, 2.45) is 11.7 Å². The van der Waals surface area contributed by atoms with E-state index in [4.69, 9.17) is 5.73 Å². The van der Waals surface area contributed by atoms with Gasteiger partial charge in [-0.25, -0.2) is 8.42 Å². The molecular weight excluding hydrogens is 342 g/mol. The van der Waals surface area contributed by atoms with E-state index in [1.807, 2.05) is 6.92 Å². The third-order valence-electron chi connectivity index (χ3n) is 5.02. The van der Waals surface area contributed by atoms with Crippen LogP contribution in [-0.4, -0.2) is 43.7 Å². The number of rotatable bonds is 4. The zero-order valence-electron chi connectivity index (χ0n) is 14.2. The van der Waals surface area contributed by atoms with Crippen molar-refractivity contribution in [2.45, 2.75) is 43.5 Å². The molecule has 0 saturated carbocycles. The van der Waals surface area contributed by atoms with Crippen molar-refractivity contribution in [2.75, 3.05) is 18.0 Å². The number of primary amides is 1. The Balaban J connectivity index is 1.80. The molecule has 2 atom stereocenters. The molecule has 2 fully saturated rings. The van der Waals surface area contributed by atoms with Gasteiger partial charge < -0.3 is 10.6 Å². The third-order valence-corrected chi connectivity index (χ3v) is 7.05. The Morgan fingerprint density at radius 3 is 2.44 bits per heavy atom. The molecule has 0 aromatic heterocycles. The number of anilines is 1. The van der Waals surface area contributed by atoms with E-state index in [1.165, 1.54) is 17.0 Å². The number of hydrogen-bond donors (Lipinski definition) is 1. The second-order valence-corrected chi connectivity index (χ2v) is 8.65. The van der Waals surface area contributed by atoms with E-state index < -0.39 is 21.8 Å². The molecule has 7 nitrogen and oxygen atoms in total. The van der Waals surface area contributed by atoms with Gasteiger partial charge in [-0.2, -0.15) is 4.31 Å². The molecule has 1 aromatic carbocycles. The summed E-state index contributed by atoms with van der Waals surface area (Å²) in [5.41, 5.74) is 5.86. The van der Waals surface area contributed by atoms with Crippen molar-refractivity contribution in [1.29, 1.82) is 0 Å². The second-order valence-electron chi connectivity index (χ2n) is 6.76. The molecule has 2 heterocycles. The molecule has 2 saturated heterocycles. The smallest absolute Gasteiger partial charge is 0.243 e. The Bertz CT molecular complexity index is 776. The van der Waals surface area contributed by atoms with Crippen LogP contribution in [-0.2, 0) is 19.6 Å². The summed E-state index contributed by atoms with van der Waals surface area (Å²) >= 11 is 0. The highest BCUT2D eigenvalue weighted by molar-refractivity contribution is 7.89. The maximum atomic E-state index is 12.8. The lowest BCUT2D eigenvalue weighted by Crippen LogP contribution is -2.41. The van der Waals surface area contributed by atoms with E-state index in [0.29, 0.717) is 12.2 Å². The SMILES string of the molecule is CC1CCCCN1S(=O)(=O)c1ccc(N2CC(C(N)=O)CC2=O)cc1. The summed E-state index contributed by atoms with van der Waals surface area (Å²) < 4.78 is 27.2. The van der Waals surface area contributed by atoms with Crippen molar-refractivity contribution in [1.82, 2.24) is 4.31 Å². The molecule has 2 aliphatic heterocycles. The predicted molar refractivity (Wildman–Crippen MR) is 93.3 cm³/mol. The van der Waals surface area contributed by atoms with Crippen molar-refractivity contribution in [3.05, 3.63) is 24.3 Å². The van der Waals surface area contributed by atoms with Gasteiger partial charge in [0.25, 0.3) is 0 Å². The molecule has 136 valence electrons. The number of sulfonamides is 1. The van der Waals surface area contributed by atoms with Crippen LogP contribution in [0.3, 0.4) is 0 Å². The van der Waals surface area contributed by atoms with Gasteiger partial charge >= 0.3 is 0 Å². The average molecular weight is 365 g/mol. The van der Waals surface area contributed by atoms with Gasteiger partial charge in [-0.1, -0.05) is 6.42 Å². The number of amides is 2. The first-order valence-corrected chi connectivity index (χ1v) is 9.96. The zero-order valence-corrected chi connectivity index (χ0v) is 15.0. The third kappa shape index (κ3) is 3.41. The fraction of sp³-hybridized carbons (Fsp3) is 0.529. The van der Waals surface area contributed by atoms with Gasteiger partial charge in [0.1, 0.15) is 0 Å². The minimum atomic E-state index is -3.53. The van der Waals surface area contributed by atoms with Gasteiger partial charge in [-0.05, 0) is 44.0 Å². The quantitative estimate of drug-likeness (QED) is 0.863. The molecule has 2 N–H and O–H groups in total. The molecular formula is C17H23N3O4S. The number of hydrogen-bond acceptors (Lipinski definition) is 4. The fourth-order valence-corrected chi connectivity index (χ4v) is 5.21. The van der Waals surface area contributed by atoms with Crippen molar-refractivity contribution in [3.63, 3.8) is 0 Å². The lowest BCUT2D eigenvalue weighted by Gasteiger charge is -2.32. The van der Waals surface area contributed by atoms with E-state index in [1.54, 1.807) is 16.4 Å². The Morgan fingerprint density at radius 1 is 1.20 bits per heavy atom. The van der Waals surface area contributed by atoms with Crippen LogP contribution in [0.1, 0.15) is 32.6 Å². The number of piperidine rings is 1. The van der Waals surface area contributed by atoms with Crippen LogP contribution >= 0.6 is 0 Å². The summed E-state index contributed by atoms with van der Waals surface area (Å²) in [6.45, 7) is 2.71. The van der Waals surface area contributed by atoms with Gasteiger partial charge in [0.05, 0.1) is 10.8 Å². The van der Waals surface area contributed by atoms with Crippen molar-refractivity contribution < 1.29 is 18.0 Å². The van der Waals surface area contributed by atoms with Gasteiger partial charge in [-0.15, -0.1) is 0 Å². The van der Waals surface area contributed by atoms with E-state index >= 15 is 0 Å². The minimum absolute atomic E-state index is 0.00471. The zero-order chi connectivity index (χ0) is 18.2. The van der Waals surface area contributed by atoms with Crippen LogP contribution in [0.2, 0.25) is 0 Å². The van der Waals surface area contributed by atoms with Crippen LogP contribution in [0.25, 0.3) is 0 Å². The fourth-order valence-electron chi connectivity index (χ4n) is 3.51. The maximum Gasteiger partial charge on any atom is 0.243 e. The molecule has 0 radical (unpaired) electrons. The number of benzene rings is 1. The molecule has 1 aromatic rings. The molecule has 2 unspecified atom stereocenters. The number of nitrogens with zero attached hydrogens (tertiary/aromatic N) is 2. The Hall–Kier alpha value is -1.93. The van der Waals surface area contributed by atoms with Crippen molar-refractivity contribution >= 4 is 27.5 Å². The van der Waals surface area contributed by atoms with Gasteiger partial charge in [0.2, 0.25) is 21.8 Å². The molecule has 2 amide bonds. The standard InChI is InChI=1S/C17H23N3O4S/c1-12-4-2-3-9-20(12)25(23,24)15-7-5-14(6-8-15)19-11-13(17(18)22)10-16(19)21/h5-8,12-13H,2-4,9-11H2,1H3,(H2,18,22).